The normalized spacial score (nSPS) is 15.6. The molecule has 0 fully saturated rings. The molecule has 16 heavy (non-hydrogen) atoms. The summed E-state index contributed by atoms with van der Waals surface area (Å²) in [4.78, 5) is 4.43. The Kier molecular flexibility index (Phi) is 3.59. The summed E-state index contributed by atoms with van der Waals surface area (Å²) in [5.74, 6) is 1.04. The highest BCUT2D eigenvalue weighted by molar-refractivity contribution is 9.10. The van der Waals surface area contributed by atoms with Crippen LogP contribution in [0.15, 0.2) is 28.5 Å². The Hall–Kier alpha value is -0.900. The summed E-state index contributed by atoms with van der Waals surface area (Å²) in [5, 5.41) is 4.35. The number of nitrogens with zero attached hydrogens (tertiary/aromatic N) is 3. The third-order valence-corrected chi connectivity index (χ3v) is 2.99. The van der Waals surface area contributed by atoms with Crippen molar-refractivity contribution < 1.29 is 0 Å². The predicted octanol–water partition coefficient (Wildman–Crippen LogP) is 3.44. The molecule has 3 nitrogen and oxygen atoms in total. The first-order chi connectivity index (χ1) is 7.66. The molecule has 0 amide bonds. The summed E-state index contributed by atoms with van der Waals surface area (Å²) in [6, 6.07) is 0.355. The van der Waals surface area contributed by atoms with E-state index in [1.807, 2.05) is 4.68 Å². The van der Waals surface area contributed by atoms with Crippen molar-refractivity contribution >= 4 is 15.9 Å². The maximum absolute atomic E-state index is 4.43. The van der Waals surface area contributed by atoms with Gasteiger partial charge in [-0.1, -0.05) is 23.8 Å². The molecule has 0 N–H and O–H groups in total. The van der Waals surface area contributed by atoms with Gasteiger partial charge in [-0.25, -0.2) is 9.67 Å². The van der Waals surface area contributed by atoms with Gasteiger partial charge in [0.25, 0.3) is 0 Å². The Morgan fingerprint density at radius 3 is 2.94 bits per heavy atom. The molecule has 0 aliphatic heterocycles. The number of hydrogen-bond acceptors (Lipinski definition) is 2. The van der Waals surface area contributed by atoms with Gasteiger partial charge in [0.1, 0.15) is 5.82 Å². The Balaban J connectivity index is 2.20. The molecular formula is C12H16BrN3. The van der Waals surface area contributed by atoms with Crippen LogP contribution in [-0.2, 0) is 6.42 Å². The molecule has 1 aromatic rings. The Bertz CT molecular complexity index is 429. The van der Waals surface area contributed by atoms with Crippen molar-refractivity contribution in [1.82, 2.24) is 14.8 Å². The SMILES string of the molecule is CC(C)n1nc(Br)nc1CC1=CC=CCC1. The highest BCUT2D eigenvalue weighted by Gasteiger charge is 2.12. The molecule has 1 aromatic heterocycles. The highest BCUT2D eigenvalue weighted by atomic mass is 79.9. The zero-order valence-electron chi connectivity index (χ0n) is 9.65. The average molecular weight is 282 g/mol. The zero-order valence-corrected chi connectivity index (χ0v) is 11.2. The minimum absolute atomic E-state index is 0.355. The summed E-state index contributed by atoms with van der Waals surface area (Å²) in [7, 11) is 0. The zero-order chi connectivity index (χ0) is 11.5. The second-order valence-electron chi connectivity index (χ2n) is 4.30. The summed E-state index contributed by atoms with van der Waals surface area (Å²) in [6.45, 7) is 4.25. The predicted molar refractivity (Wildman–Crippen MR) is 68.3 cm³/mol. The van der Waals surface area contributed by atoms with Crippen molar-refractivity contribution in [2.24, 2.45) is 0 Å². The van der Waals surface area contributed by atoms with Crippen LogP contribution in [0.2, 0.25) is 0 Å². The molecule has 4 heteroatoms. The molecule has 0 spiro atoms. The molecule has 0 atom stereocenters. The number of aromatic nitrogens is 3. The van der Waals surface area contributed by atoms with Crippen LogP contribution in [0.5, 0.6) is 0 Å². The maximum atomic E-state index is 4.43. The lowest BCUT2D eigenvalue weighted by atomic mass is 10.0. The summed E-state index contributed by atoms with van der Waals surface area (Å²) >= 11 is 3.34. The van der Waals surface area contributed by atoms with Crippen LogP contribution >= 0.6 is 15.9 Å². The molecule has 1 aliphatic carbocycles. The average Bonchev–Trinajstić information content (AvgIpc) is 2.61. The van der Waals surface area contributed by atoms with Crippen molar-refractivity contribution in [3.63, 3.8) is 0 Å². The van der Waals surface area contributed by atoms with Crippen LogP contribution in [0.1, 0.15) is 38.6 Å². The van der Waals surface area contributed by atoms with Crippen LogP contribution in [0, 0.1) is 0 Å². The molecule has 0 saturated carbocycles. The number of rotatable bonds is 3. The van der Waals surface area contributed by atoms with Gasteiger partial charge < -0.3 is 0 Å². The third-order valence-electron chi connectivity index (χ3n) is 2.65. The number of allylic oxidation sites excluding steroid dienone is 4. The maximum Gasteiger partial charge on any atom is 0.217 e. The van der Waals surface area contributed by atoms with Gasteiger partial charge >= 0.3 is 0 Å². The van der Waals surface area contributed by atoms with E-state index < -0.39 is 0 Å². The van der Waals surface area contributed by atoms with Crippen LogP contribution in [-0.4, -0.2) is 14.8 Å². The van der Waals surface area contributed by atoms with Gasteiger partial charge in [0.15, 0.2) is 0 Å². The monoisotopic (exact) mass is 281 g/mol. The Morgan fingerprint density at radius 2 is 2.31 bits per heavy atom. The lowest BCUT2D eigenvalue weighted by molar-refractivity contribution is 0.507. The van der Waals surface area contributed by atoms with Crippen LogP contribution in [0.3, 0.4) is 0 Å². The van der Waals surface area contributed by atoms with Gasteiger partial charge in [0.05, 0.1) is 0 Å². The molecule has 0 saturated heterocycles. The van der Waals surface area contributed by atoms with Gasteiger partial charge in [0, 0.05) is 12.5 Å². The smallest absolute Gasteiger partial charge is 0.217 e. The first-order valence-corrected chi connectivity index (χ1v) is 6.41. The van der Waals surface area contributed by atoms with E-state index in [2.05, 4.69) is 58.1 Å². The van der Waals surface area contributed by atoms with Gasteiger partial charge in [-0.05, 0) is 42.6 Å². The van der Waals surface area contributed by atoms with Gasteiger partial charge in [-0.15, -0.1) is 5.10 Å². The number of halogens is 1. The van der Waals surface area contributed by atoms with Crippen molar-refractivity contribution in [2.75, 3.05) is 0 Å². The standard InChI is InChI=1S/C12H16BrN3/c1-9(2)16-11(14-12(13)15-16)8-10-6-4-3-5-7-10/h3-4,6,9H,5,7-8H2,1-2H3. The third kappa shape index (κ3) is 2.61. The Labute approximate surface area is 104 Å². The fraction of sp³-hybridized carbons (Fsp3) is 0.500. The van der Waals surface area contributed by atoms with Gasteiger partial charge in [0.2, 0.25) is 4.73 Å². The van der Waals surface area contributed by atoms with E-state index >= 15 is 0 Å². The topological polar surface area (TPSA) is 30.7 Å². The lowest BCUT2D eigenvalue weighted by Crippen LogP contribution is -2.09. The summed E-state index contributed by atoms with van der Waals surface area (Å²) in [5.41, 5.74) is 1.43. The first kappa shape index (κ1) is 11.6. The highest BCUT2D eigenvalue weighted by Crippen LogP contribution is 2.19. The molecule has 1 heterocycles. The molecular weight excluding hydrogens is 266 g/mol. The van der Waals surface area contributed by atoms with Crippen molar-refractivity contribution in [2.45, 2.75) is 39.2 Å². The van der Waals surface area contributed by atoms with E-state index in [1.165, 1.54) is 5.57 Å². The van der Waals surface area contributed by atoms with Crippen molar-refractivity contribution in [3.05, 3.63) is 34.4 Å². The van der Waals surface area contributed by atoms with E-state index in [9.17, 15) is 0 Å². The lowest BCUT2D eigenvalue weighted by Gasteiger charge is -2.11. The summed E-state index contributed by atoms with van der Waals surface area (Å²) in [6.07, 6.45) is 9.70. The quantitative estimate of drug-likeness (QED) is 0.850. The molecule has 0 aromatic carbocycles. The molecule has 0 radical (unpaired) electrons. The summed E-state index contributed by atoms with van der Waals surface area (Å²) < 4.78 is 2.67. The van der Waals surface area contributed by atoms with Crippen LogP contribution < -0.4 is 0 Å². The fourth-order valence-corrected chi connectivity index (χ4v) is 2.24. The second-order valence-corrected chi connectivity index (χ2v) is 5.01. The Morgan fingerprint density at radius 1 is 1.50 bits per heavy atom. The van der Waals surface area contributed by atoms with E-state index in [1.54, 1.807) is 0 Å². The molecule has 2 rings (SSSR count). The largest absolute Gasteiger partial charge is 0.246 e. The molecule has 86 valence electrons. The van der Waals surface area contributed by atoms with Crippen LogP contribution in [0.25, 0.3) is 0 Å². The van der Waals surface area contributed by atoms with Gasteiger partial charge in [-0.3, -0.25) is 0 Å². The molecule has 0 bridgehead atoms. The number of hydrogen-bond donors (Lipinski definition) is 0. The van der Waals surface area contributed by atoms with Crippen molar-refractivity contribution in [1.29, 1.82) is 0 Å². The van der Waals surface area contributed by atoms with Gasteiger partial charge in [-0.2, -0.15) is 0 Å². The van der Waals surface area contributed by atoms with Crippen molar-refractivity contribution in [3.8, 4) is 0 Å². The minimum atomic E-state index is 0.355. The second kappa shape index (κ2) is 4.95. The fourth-order valence-electron chi connectivity index (χ4n) is 1.86. The molecule has 0 unspecified atom stereocenters. The van der Waals surface area contributed by atoms with E-state index in [0.29, 0.717) is 10.8 Å². The first-order valence-electron chi connectivity index (χ1n) is 5.62. The van der Waals surface area contributed by atoms with E-state index in [0.717, 1.165) is 25.1 Å². The van der Waals surface area contributed by atoms with Crippen LogP contribution in [0.4, 0.5) is 0 Å². The minimum Gasteiger partial charge on any atom is -0.246 e. The van der Waals surface area contributed by atoms with E-state index in [4.69, 9.17) is 0 Å². The molecule has 1 aliphatic rings. The van der Waals surface area contributed by atoms with E-state index in [-0.39, 0.29) is 0 Å².